The first-order chi connectivity index (χ1) is 10.8. The molecule has 0 aromatic heterocycles. The van der Waals surface area contributed by atoms with E-state index in [1.54, 1.807) is 0 Å². The summed E-state index contributed by atoms with van der Waals surface area (Å²) >= 11 is 0. The zero-order chi connectivity index (χ0) is 14.6. The maximum Gasteiger partial charge on any atom is 0.104 e. The predicted octanol–water partition coefficient (Wildman–Crippen LogP) is 2.26. The molecule has 2 bridgehead atoms. The molecule has 3 saturated carbocycles. The molecule has 5 fully saturated rings. The van der Waals surface area contributed by atoms with Gasteiger partial charge in [-0.15, -0.1) is 0 Å². The highest BCUT2D eigenvalue weighted by atomic mass is 16.6. The fourth-order valence-electron chi connectivity index (χ4n) is 5.77. The molecule has 0 radical (unpaired) electrons. The van der Waals surface area contributed by atoms with Crippen LogP contribution in [-0.2, 0) is 18.9 Å². The summed E-state index contributed by atoms with van der Waals surface area (Å²) in [6.45, 7) is 5.37. The standard InChI is InChI=1S/C18H28O4/c1-2-18(11-20-8-15-10-22-15)5-13(1)16-3-12(4-17(16)18)6-19-7-14-9-21-14/h12-17H,1-11H2. The van der Waals surface area contributed by atoms with E-state index < -0.39 is 0 Å². The second-order valence-electron chi connectivity index (χ2n) is 8.44. The van der Waals surface area contributed by atoms with Gasteiger partial charge in [0, 0.05) is 6.61 Å². The van der Waals surface area contributed by atoms with Gasteiger partial charge in [0.15, 0.2) is 0 Å². The van der Waals surface area contributed by atoms with Crippen molar-refractivity contribution in [2.24, 2.45) is 29.1 Å². The number of hydrogen-bond donors (Lipinski definition) is 0. The average Bonchev–Trinajstić information content (AvgIpc) is 3.39. The van der Waals surface area contributed by atoms with E-state index in [1.807, 2.05) is 0 Å². The van der Waals surface area contributed by atoms with Gasteiger partial charge < -0.3 is 18.9 Å². The Labute approximate surface area is 132 Å². The lowest BCUT2D eigenvalue weighted by molar-refractivity contribution is 0.00432. The van der Waals surface area contributed by atoms with Gasteiger partial charge in [0.05, 0.1) is 33.0 Å². The molecule has 2 heterocycles. The van der Waals surface area contributed by atoms with Gasteiger partial charge in [-0.1, -0.05) is 0 Å². The Morgan fingerprint density at radius 3 is 2.50 bits per heavy atom. The summed E-state index contributed by atoms with van der Waals surface area (Å²) in [6.07, 6.45) is 7.84. The van der Waals surface area contributed by atoms with Gasteiger partial charge in [0.25, 0.3) is 0 Å². The van der Waals surface area contributed by atoms with Gasteiger partial charge in [-0.2, -0.15) is 0 Å². The number of rotatable bonds is 8. The van der Waals surface area contributed by atoms with E-state index in [1.165, 1.54) is 32.1 Å². The molecule has 3 aliphatic carbocycles. The Hall–Kier alpha value is -0.160. The summed E-state index contributed by atoms with van der Waals surface area (Å²) in [4.78, 5) is 0. The average molecular weight is 308 g/mol. The van der Waals surface area contributed by atoms with E-state index in [4.69, 9.17) is 18.9 Å². The number of ether oxygens (including phenoxy) is 4. The quantitative estimate of drug-likeness (QED) is 0.645. The lowest BCUT2D eigenvalue weighted by Crippen LogP contribution is -2.33. The topological polar surface area (TPSA) is 43.5 Å². The van der Waals surface area contributed by atoms with Gasteiger partial charge in [0.1, 0.15) is 12.2 Å². The summed E-state index contributed by atoms with van der Waals surface area (Å²) < 4.78 is 22.4. The van der Waals surface area contributed by atoms with Crippen LogP contribution in [0.1, 0.15) is 32.1 Å². The summed E-state index contributed by atoms with van der Waals surface area (Å²) in [5, 5.41) is 0. The van der Waals surface area contributed by atoms with E-state index in [2.05, 4.69) is 0 Å². The molecule has 0 aromatic rings. The molecular formula is C18H28O4. The molecule has 4 heteroatoms. The Morgan fingerprint density at radius 2 is 1.73 bits per heavy atom. The van der Waals surface area contributed by atoms with E-state index in [0.717, 1.165) is 63.3 Å². The summed E-state index contributed by atoms with van der Waals surface area (Å²) in [5.41, 5.74) is 0.499. The smallest absolute Gasteiger partial charge is 0.104 e. The van der Waals surface area contributed by atoms with Crippen molar-refractivity contribution in [3.63, 3.8) is 0 Å². The molecule has 0 N–H and O–H groups in total. The molecule has 22 heavy (non-hydrogen) atoms. The Morgan fingerprint density at radius 1 is 0.955 bits per heavy atom. The van der Waals surface area contributed by atoms with Crippen LogP contribution in [0.5, 0.6) is 0 Å². The number of fused-ring (bicyclic) bond motifs is 5. The van der Waals surface area contributed by atoms with Crippen LogP contribution in [0.2, 0.25) is 0 Å². The van der Waals surface area contributed by atoms with E-state index in [-0.39, 0.29) is 0 Å². The third-order valence-corrected chi connectivity index (χ3v) is 6.94. The lowest BCUT2D eigenvalue weighted by Gasteiger charge is -2.35. The van der Waals surface area contributed by atoms with Crippen molar-refractivity contribution >= 4 is 0 Å². The zero-order valence-electron chi connectivity index (χ0n) is 13.4. The van der Waals surface area contributed by atoms with Crippen LogP contribution in [0, 0.1) is 29.1 Å². The van der Waals surface area contributed by atoms with Crippen molar-refractivity contribution in [1.82, 2.24) is 0 Å². The van der Waals surface area contributed by atoms with Crippen LogP contribution in [0.3, 0.4) is 0 Å². The normalized spacial score (nSPS) is 51.3. The van der Waals surface area contributed by atoms with Crippen LogP contribution in [-0.4, -0.2) is 51.8 Å². The molecule has 0 aromatic carbocycles. The highest BCUT2D eigenvalue weighted by Crippen LogP contribution is 2.66. The molecule has 7 unspecified atom stereocenters. The van der Waals surface area contributed by atoms with E-state index in [0.29, 0.717) is 17.6 Å². The molecule has 4 nitrogen and oxygen atoms in total. The van der Waals surface area contributed by atoms with Gasteiger partial charge in [-0.05, 0) is 61.2 Å². The van der Waals surface area contributed by atoms with Crippen molar-refractivity contribution in [2.75, 3.05) is 39.6 Å². The van der Waals surface area contributed by atoms with Gasteiger partial charge in [-0.3, -0.25) is 0 Å². The second-order valence-corrected chi connectivity index (χ2v) is 8.44. The van der Waals surface area contributed by atoms with Gasteiger partial charge in [-0.25, -0.2) is 0 Å². The number of epoxide rings is 2. The van der Waals surface area contributed by atoms with Crippen molar-refractivity contribution in [2.45, 2.75) is 44.3 Å². The highest BCUT2D eigenvalue weighted by Gasteiger charge is 2.60. The Kier molecular flexibility index (Phi) is 3.51. The lowest BCUT2D eigenvalue weighted by atomic mass is 9.72. The molecule has 0 spiro atoms. The maximum absolute atomic E-state index is 6.05. The molecule has 124 valence electrons. The van der Waals surface area contributed by atoms with Crippen molar-refractivity contribution in [3.8, 4) is 0 Å². The summed E-state index contributed by atoms with van der Waals surface area (Å²) in [6, 6.07) is 0. The van der Waals surface area contributed by atoms with Crippen molar-refractivity contribution < 1.29 is 18.9 Å². The molecule has 7 atom stereocenters. The molecule has 5 rings (SSSR count). The minimum Gasteiger partial charge on any atom is -0.378 e. The van der Waals surface area contributed by atoms with Crippen molar-refractivity contribution in [3.05, 3.63) is 0 Å². The monoisotopic (exact) mass is 308 g/mol. The third kappa shape index (κ3) is 2.62. The van der Waals surface area contributed by atoms with Crippen LogP contribution >= 0.6 is 0 Å². The van der Waals surface area contributed by atoms with E-state index in [9.17, 15) is 0 Å². The first kappa shape index (κ1) is 14.2. The minimum absolute atomic E-state index is 0.403. The third-order valence-electron chi connectivity index (χ3n) is 6.94. The molecular weight excluding hydrogens is 280 g/mol. The fourth-order valence-corrected chi connectivity index (χ4v) is 5.77. The zero-order valence-corrected chi connectivity index (χ0v) is 13.4. The Balaban J connectivity index is 1.16. The fraction of sp³-hybridized carbons (Fsp3) is 1.00. The predicted molar refractivity (Wildman–Crippen MR) is 80.6 cm³/mol. The molecule has 0 amide bonds. The van der Waals surface area contributed by atoms with Gasteiger partial charge >= 0.3 is 0 Å². The minimum atomic E-state index is 0.403. The summed E-state index contributed by atoms with van der Waals surface area (Å²) in [5.74, 6) is 3.61. The second kappa shape index (κ2) is 5.44. The molecule has 2 saturated heterocycles. The first-order valence-corrected chi connectivity index (χ1v) is 9.21. The largest absolute Gasteiger partial charge is 0.378 e. The van der Waals surface area contributed by atoms with Crippen molar-refractivity contribution in [1.29, 1.82) is 0 Å². The van der Waals surface area contributed by atoms with Crippen LogP contribution in [0.25, 0.3) is 0 Å². The van der Waals surface area contributed by atoms with Crippen LogP contribution < -0.4 is 0 Å². The molecule has 5 aliphatic rings. The van der Waals surface area contributed by atoms with Crippen LogP contribution in [0.4, 0.5) is 0 Å². The SMILES string of the molecule is C(OCC1CO1)C1CC2C3CCC(COCC4CO4)(C3)C2C1. The summed E-state index contributed by atoms with van der Waals surface area (Å²) in [7, 11) is 0. The van der Waals surface area contributed by atoms with Crippen LogP contribution in [0.15, 0.2) is 0 Å². The van der Waals surface area contributed by atoms with Gasteiger partial charge in [0.2, 0.25) is 0 Å². The number of hydrogen-bond acceptors (Lipinski definition) is 4. The highest BCUT2D eigenvalue weighted by molar-refractivity contribution is 5.09. The van der Waals surface area contributed by atoms with E-state index >= 15 is 0 Å². The maximum atomic E-state index is 6.05. The molecule has 2 aliphatic heterocycles. The first-order valence-electron chi connectivity index (χ1n) is 9.21. The Bertz CT molecular complexity index is 419.